The van der Waals surface area contributed by atoms with Crippen molar-refractivity contribution >= 4 is 17.6 Å². The number of nitriles is 2. The van der Waals surface area contributed by atoms with Crippen LogP contribution in [0.1, 0.15) is 5.56 Å². The van der Waals surface area contributed by atoms with E-state index < -0.39 is 11.9 Å². The van der Waals surface area contributed by atoms with Gasteiger partial charge in [0.1, 0.15) is 0 Å². The van der Waals surface area contributed by atoms with Gasteiger partial charge in [-0.3, -0.25) is 5.43 Å². The van der Waals surface area contributed by atoms with Crippen molar-refractivity contribution in [2.75, 3.05) is 5.43 Å². The molecule has 0 amide bonds. The van der Waals surface area contributed by atoms with Crippen molar-refractivity contribution in [3.05, 3.63) is 29.8 Å². The summed E-state index contributed by atoms with van der Waals surface area (Å²) in [6, 6.07) is 8.76. The van der Waals surface area contributed by atoms with Gasteiger partial charge in [0.2, 0.25) is 0 Å². The van der Waals surface area contributed by atoms with Crippen molar-refractivity contribution in [3.63, 3.8) is 0 Å². The Morgan fingerprint density at radius 1 is 1.06 bits per heavy atom. The zero-order chi connectivity index (χ0) is 14.0. The molecule has 18 heavy (non-hydrogen) atoms. The van der Waals surface area contributed by atoms with E-state index in [1.165, 1.54) is 0 Å². The van der Waals surface area contributed by atoms with Gasteiger partial charge < -0.3 is 10.2 Å². The molecule has 0 aliphatic heterocycles. The number of anilines is 1. The van der Waals surface area contributed by atoms with E-state index in [1.807, 2.05) is 6.07 Å². The molecule has 0 unspecified atom stereocenters. The third-order valence-corrected chi connectivity index (χ3v) is 1.46. The second-order valence-electron chi connectivity index (χ2n) is 2.66. The van der Waals surface area contributed by atoms with Gasteiger partial charge in [0.05, 0.1) is 17.3 Å². The van der Waals surface area contributed by atoms with Crippen LogP contribution in [0.4, 0.5) is 5.69 Å². The maximum Gasteiger partial charge on any atom is 0.414 e. The number of nitrogens with one attached hydrogen (secondary N) is 2. The summed E-state index contributed by atoms with van der Waals surface area (Å²) in [5, 5.41) is 31.4. The number of benzene rings is 1. The van der Waals surface area contributed by atoms with E-state index in [9.17, 15) is 0 Å². The van der Waals surface area contributed by atoms with Crippen molar-refractivity contribution in [3.8, 4) is 12.3 Å². The summed E-state index contributed by atoms with van der Waals surface area (Å²) in [4.78, 5) is 18.2. The van der Waals surface area contributed by atoms with E-state index in [-0.39, 0.29) is 0 Å². The summed E-state index contributed by atoms with van der Waals surface area (Å²) >= 11 is 0. The van der Waals surface area contributed by atoms with Crippen LogP contribution in [-0.2, 0) is 9.59 Å². The molecule has 0 bridgehead atoms. The normalized spacial score (nSPS) is 7.67. The molecule has 1 aromatic carbocycles. The van der Waals surface area contributed by atoms with E-state index in [0.29, 0.717) is 5.56 Å². The predicted octanol–water partition coefficient (Wildman–Crippen LogP) is 0.111. The summed E-state index contributed by atoms with van der Waals surface area (Å²) in [7, 11) is 0. The lowest BCUT2D eigenvalue weighted by molar-refractivity contribution is -0.159. The maximum absolute atomic E-state index is 9.10. The van der Waals surface area contributed by atoms with Crippen LogP contribution in [0.25, 0.3) is 0 Å². The van der Waals surface area contributed by atoms with Crippen molar-refractivity contribution in [1.29, 1.82) is 10.5 Å². The first kappa shape index (κ1) is 14.7. The Bertz CT molecular complexity index is 486. The molecule has 1 aromatic rings. The lowest BCUT2D eigenvalue weighted by Crippen LogP contribution is -2.13. The highest BCUT2D eigenvalue weighted by molar-refractivity contribution is 6.27. The van der Waals surface area contributed by atoms with E-state index in [4.69, 9.17) is 30.3 Å². The van der Waals surface area contributed by atoms with Crippen molar-refractivity contribution in [2.24, 2.45) is 0 Å². The maximum atomic E-state index is 9.10. The van der Waals surface area contributed by atoms with Crippen molar-refractivity contribution < 1.29 is 19.8 Å². The SMILES string of the molecule is N#CNNc1ccc(C#N)cc1.O=C(O)C(=O)O. The second kappa shape index (κ2) is 7.96. The van der Waals surface area contributed by atoms with Crippen LogP contribution in [-0.4, -0.2) is 22.2 Å². The van der Waals surface area contributed by atoms with Gasteiger partial charge in [0.25, 0.3) is 0 Å². The number of aliphatic carboxylic acids is 2. The van der Waals surface area contributed by atoms with Crippen LogP contribution in [0.15, 0.2) is 24.3 Å². The lowest BCUT2D eigenvalue weighted by Gasteiger charge is -2.00. The molecule has 0 heterocycles. The summed E-state index contributed by atoms with van der Waals surface area (Å²) in [6.07, 6.45) is 1.72. The quantitative estimate of drug-likeness (QED) is 0.249. The molecule has 0 saturated heterocycles. The molecule has 8 nitrogen and oxygen atoms in total. The monoisotopic (exact) mass is 248 g/mol. The number of rotatable bonds is 2. The molecule has 0 atom stereocenters. The van der Waals surface area contributed by atoms with Crippen LogP contribution in [0.2, 0.25) is 0 Å². The van der Waals surface area contributed by atoms with Crippen LogP contribution in [0, 0.1) is 22.8 Å². The first-order valence-corrected chi connectivity index (χ1v) is 4.37. The molecular weight excluding hydrogens is 240 g/mol. The minimum atomic E-state index is -1.82. The first-order valence-electron chi connectivity index (χ1n) is 4.37. The van der Waals surface area contributed by atoms with Gasteiger partial charge in [0.15, 0.2) is 6.19 Å². The van der Waals surface area contributed by atoms with Gasteiger partial charge >= 0.3 is 11.9 Å². The molecule has 8 heteroatoms. The first-order chi connectivity index (χ1) is 8.51. The van der Waals surface area contributed by atoms with E-state index in [0.717, 1.165) is 5.69 Å². The smallest absolute Gasteiger partial charge is 0.414 e. The van der Waals surface area contributed by atoms with Crippen LogP contribution < -0.4 is 10.9 Å². The summed E-state index contributed by atoms with van der Waals surface area (Å²) in [5.41, 5.74) is 6.24. The fraction of sp³-hybridized carbons (Fsp3) is 0. The predicted molar refractivity (Wildman–Crippen MR) is 58.8 cm³/mol. The molecule has 0 spiro atoms. The number of hydrogen-bond donors (Lipinski definition) is 4. The van der Waals surface area contributed by atoms with Crippen LogP contribution in [0.5, 0.6) is 0 Å². The fourth-order valence-electron chi connectivity index (χ4n) is 0.728. The minimum Gasteiger partial charge on any atom is -0.473 e. The minimum absolute atomic E-state index is 0.595. The van der Waals surface area contributed by atoms with E-state index in [1.54, 1.807) is 30.5 Å². The Morgan fingerprint density at radius 2 is 1.56 bits per heavy atom. The summed E-state index contributed by atoms with van der Waals surface area (Å²) in [5.74, 6) is -3.65. The summed E-state index contributed by atoms with van der Waals surface area (Å²) < 4.78 is 0. The Hall–Kier alpha value is -3.26. The number of carboxylic acids is 2. The molecule has 0 aromatic heterocycles. The Kier molecular flexibility index (Phi) is 6.52. The molecule has 0 aliphatic carbocycles. The van der Waals surface area contributed by atoms with Gasteiger partial charge in [0, 0.05) is 0 Å². The van der Waals surface area contributed by atoms with E-state index >= 15 is 0 Å². The lowest BCUT2D eigenvalue weighted by atomic mass is 10.2. The highest BCUT2D eigenvalue weighted by Gasteiger charge is 2.04. The average Bonchev–Trinajstić information content (AvgIpc) is 2.37. The number of hydrogen-bond acceptors (Lipinski definition) is 6. The number of nitrogens with zero attached hydrogens (tertiary/aromatic N) is 2. The molecule has 4 N–H and O–H groups in total. The Labute approximate surface area is 102 Å². The van der Waals surface area contributed by atoms with Crippen molar-refractivity contribution in [2.45, 2.75) is 0 Å². The molecule has 92 valence electrons. The fourth-order valence-corrected chi connectivity index (χ4v) is 0.728. The molecule has 0 radical (unpaired) electrons. The van der Waals surface area contributed by atoms with E-state index in [2.05, 4.69) is 10.9 Å². The zero-order valence-electron chi connectivity index (χ0n) is 8.91. The second-order valence-corrected chi connectivity index (χ2v) is 2.66. The third kappa shape index (κ3) is 6.27. The molecule has 0 saturated carbocycles. The van der Waals surface area contributed by atoms with Crippen LogP contribution >= 0.6 is 0 Å². The Balaban J connectivity index is 0.000000411. The standard InChI is InChI=1S/C8H6N4.C2H2O4/c9-5-7-1-3-8(4-2-7)12-11-6-10;3-1(4)2(5)6/h1-4,11-12H;(H,3,4)(H,5,6). The molecule has 0 aliphatic rings. The Morgan fingerprint density at radius 3 is 1.89 bits per heavy atom. The number of hydrazine groups is 1. The van der Waals surface area contributed by atoms with Gasteiger partial charge in [-0.2, -0.15) is 10.5 Å². The molecule has 0 fully saturated rings. The molecular formula is C10H8N4O4. The topological polar surface area (TPSA) is 146 Å². The highest BCUT2D eigenvalue weighted by atomic mass is 16.4. The summed E-state index contributed by atoms with van der Waals surface area (Å²) in [6.45, 7) is 0. The van der Waals surface area contributed by atoms with Crippen molar-refractivity contribution in [1.82, 2.24) is 5.43 Å². The van der Waals surface area contributed by atoms with Gasteiger partial charge in [-0.25, -0.2) is 15.0 Å². The molecule has 1 rings (SSSR count). The third-order valence-electron chi connectivity index (χ3n) is 1.46. The highest BCUT2D eigenvalue weighted by Crippen LogP contribution is 2.06. The average molecular weight is 248 g/mol. The van der Waals surface area contributed by atoms with Crippen LogP contribution in [0.3, 0.4) is 0 Å². The van der Waals surface area contributed by atoms with Gasteiger partial charge in [-0.15, -0.1) is 0 Å². The zero-order valence-corrected chi connectivity index (χ0v) is 8.91. The number of carboxylic acid groups (broad SMARTS) is 2. The largest absolute Gasteiger partial charge is 0.473 e. The van der Waals surface area contributed by atoms with Gasteiger partial charge in [-0.05, 0) is 24.3 Å². The van der Waals surface area contributed by atoms with Gasteiger partial charge in [-0.1, -0.05) is 0 Å². The number of carbonyl (C=O) groups is 2.